The molecule has 0 aromatic rings. The molecule has 0 heterocycles. The molecule has 0 amide bonds. The fraction of sp³-hybridized carbons (Fsp3) is 0. The van der Waals surface area contributed by atoms with Crippen LogP contribution in [0.4, 0.5) is 0 Å². The summed E-state index contributed by atoms with van der Waals surface area (Å²) in [6.07, 6.45) is 0. The molecule has 0 rings (SSSR count). The Hall–Kier alpha value is 0.647. The third-order valence-corrected chi connectivity index (χ3v) is 0. The fourth-order valence-corrected chi connectivity index (χ4v) is 0. The maximum atomic E-state index is 8.88. The van der Waals surface area contributed by atoms with Crippen molar-refractivity contribution in [3.63, 3.8) is 0 Å². The van der Waals surface area contributed by atoms with Gasteiger partial charge in [0.2, 0.25) is 0 Å². The van der Waals surface area contributed by atoms with Gasteiger partial charge in [-0.2, -0.15) is 0 Å². The van der Waals surface area contributed by atoms with E-state index in [-0.39, 0.29) is 41.9 Å². The molecule has 0 aromatic heterocycles. The van der Waals surface area contributed by atoms with E-state index in [1.165, 1.54) is 0 Å². The van der Waals surface area contributed by atoms with Crippen LogP contribution in [-0.2, 0) is 9.03 Å². The van der Waals surface area contributed by atoms with Crippen molar-refractivity contribution in [3.05, 3.63) is 0 Å². The zero-order valence-corrected chi connectivity index (χ0v) is 7.31. The third kappa shape index (κ3) is 2370. The van der Waals surface area contributed by atoms with E-state index in [1.807, 2.05) is 0 Å². The minimum absolute atomic E-state index is 0. The van der Waals surface area contributed by atoms with Gasteiger partial charge in [0.15, 0.2) is 0 Å². The summed E-state index contributed by atoms with van der Waals surface area (Å²) >= 11 is 0. The Balaban J connectivity index is -0.0000000221. The van der Waals surface area contributed by atoms with Gasteiger partial charge in [0.25, 0.3) is 0 Å². The van der Waals surface area contributed by atoms with E-state index < -0.39 is 17.0 Å². The Labute approximate surface area is 92.0 Å². The number of rotatable bonds is 0. The van der Waals surface area contributed by atoms with Crippen molar-refractivity contribution in [1.82, 2.24) is 12.3 Å². The van der Waals surface area contributed by atoms with E-state index in [9.17, 15) is 0 Å². The van der Waals surface area contributed by atoms with Gasteiger partial charge in [-0.15, -0.1) is 0 Å². The summed E-state index contributed by atoms with van der Waals surface area (Å²) in [4.78, 5) is 35.9. The van der Waals surface area contributed by atoms with E-state index in [0.29, 0.717) is 0 Å². The van der Waals surface area contributed by atoms with Gasteiger partial charge in [-0.1, -0.05) is 0 Å². The predicted octanol–water partition coefficient (Wildman–Crippen LogP) is -2.87. The number of hydrogen-bond acceptors (Lipinski definition) is 4. The Morgan fingerprint density at radius 1 is 1.00 bits per heavy atom. The molecule has 12 heavy (non-hydrogen) atoms. The first-order valence-electron chi connectivity index (χ1n) is 1.43. The van der Waals surface area contributed by atoms with Crippen molar-refractivity contribution in [2.45, 2.75) is 0 Å². The van der Waals surface area contributed by atoms with Crippen molar-refractivity contribution in [3.8, 4) is 0 Å². The van der Waals surface area contributed by atoms with Gasteiger partial charge in [0.05, 0.1) is 0 Å². The SMILES string of the molecule is N.N.O=P(O)(O)O.O=[Si](O)O.[NaH]. The molecule has 0 aliphatic carbocycles. The third-order valence-electron chi connectivity index (χ3n) is 0. The van der Waals surface area contributed by atoms with Crippen molar-refractivity contribution in [1.29, 1.82) is 0 Å². The molecule has 0 unspecified atom stereocenters. The van der Waals surface area contributed by atoms with E-state index in [2.05, 4.69) is 0 Å². The molecule has 74 valence electrons. The maximum absolute atomic E-state index is 8.88. The average molecular weight is 234 g/mol. The van der Waals surface area contributed by atoms with Crippen molar-refractivity contribution in [2.75, 3.05) is 0 Å². The summed E-state index contributed by atoms with van der Waals surface area (Å²) in [5.74, 6) is 0. The van der Waals surface area contributed by atoms with Gasteiger partial charge < -0.3 is 36.6 Å². The monoisotopic (exact) mass is 234 g/mol. The summed E-state index contributed by atoms with van der Waals surface area (Å²) in [6.45, 7) is 0. The quantitative estimate of drug-likeness (QED) is 0.169. The van der Waals surface area contributed by atoms with Crippen LogP contribution >= 0.6 is 7.82 Å². The first-order valence-corrected chi connectivity index (χ1v) is 4.30. The van der Waals surface area contributed by atoms with Crippen LogP contribution in [0.5, 0.6) is 0 Å². The van der Waals surface area contributed by atoms with Crippen LogP contribution in [-0.4, -0.2) is 63.0 Å². The van der Waals surface area contributed by atoms with Crippen LogP contribution in [0.25, 0.3) is 0 Å². The van der Waals surface area contributed by atoms with Gasteiger partial charge in [-0.3, -0.25) is 4.46 Å². The minimum atomic E-state index is -4.64. The van der Waals surface area contributed by atoms with E-state index >= 15 is 0 Å². The van der Waals surface area contributed by atoms with Crippen LogP contribution in [0, 0.1) is 0 Å². The molecule has 0 atom stereocenters. The Bertz CT molecular complexity index is 121. The molecule has 0 saturated heterocycles. The molecule has 9 nitrogen and oxygen atoms in total. The molecule has 12 heteroatoms. The van der Waals surface area contributed by atoms with E-state index in [1.54, 1.807) is 0 Å². The van der Waals surface area contributed by atoms with Crippen LogP contribution in [0.3, 0.4) is 0 Å². The second kappa shape index (κ2) is 14.2. The molecule has 0 aromatic carbocycles. The van der Waals surface area contributed by atoms with Gasteiger partial charge in [0.1, 0.15) is 0 Å². The fourth-order valence-electron chi connectivity index (χ4n) is 0. The molecule has 0 radical (unpaired) electrons. The molecule has 0 saturated carbocycles. The van der Waals surface area contributed by atoms with Gasteiger partial charge in [0, 0.05) is 0 Å². The van der Waals surface area contributed by atoms with Crippen molar-refractivity contribution >= 4 is 46.6 Å². The predicted molar refractivity (Wildman–Crippen MR) is 42.3 cm³/mol. The molecule has 0 spiro atoms. The molecule has 0 aliphatic heterocycles. The van der Waals surface area contributed by atoms with Gasteiger partial charge in [-0.05, 0) is 0 Å². The molecular weight excluding hydrogens is 222 g/mol. The topological polar surface area (TPSA) is 205 Å². The first kappa shape index (κ1) is 29.3. The second-order valence-corrected chi connectivity index (χ2v) is 2.39. The van der Waals surface area contributed by atoms with Crippen molar-refractivity contribution in [2.24, 2.45) is 0 Å². The van der Waals surface area contributed by atoms with Crippen LogP contribution in [0.2, 0.25) is 0 Å². The number of hydrogen-bond donors (Lipinski definition) is 7. The zero-order valence-electron chi connectivity index (χ0n) is 5.41. The summed E-state index contributed by atoms with van der Waals surface area (Å²) < 4.78 is 17.6. The van der Waals surface area contributed by atoms with Crippen molar-refractivity contribution < 1.29 is 33.3 Å². The summed E-state index contributed by atoms with van der Waals surface area (Å²) in [5, 5.41) is 0. The summed E-state index contributed by atoms with van der Waals surface area (Å²) in [6, 6.07) is 0. The normalized spacial score (nSPS) is 6.92. The molecule has 0 fully saturated rings. The molecule has 0 bridgehead atoms. The Morgan fingerprint density at radius 3 is 1.00 bits per heavy atom. The van der Waals surface area contributed by atoms with Crippen LogP contribution in [0.15, 0.2) is 0 Å². The Kier molecular flexibility index (Phi) is 34.7. The molecule has 0 aliphatic rings. The second-order valence-electron chi connectivity index (χ2n) is 0.796. The van der Waals surface area contributed by atoms with Gasteiger partial charge in [-0.25, -0.2) is 4.57 Å². The van der Waals surface area contributed by atoms with Crippen LogP contribution in [0.1, 0.15) is 0 Å². The summed E-state index contributed by atoms with van der Waals surface area (Å²) in [5.41, 5.74) is 0. The number of phosphoric acid groups is 1. The van der Waals surface area contributed by atoms with Crippen LogP contribution < -0.4 is 12.3 Å². The van der Waals surface area contributed by atoms with E-state index in [4.69, 9.17) is 33.3 Å². The van der Waals surface area contributed by atoms with Gasteiger partial charge >= 0.3 is 46.6 Å². The Morgan fingerprint density at radius 2 is 1.00 bits per heavy atom. The summed E-state index contributed by atoms with van der Waals surface area (Å²) in [7, 11) is -7.77. The average Bonchev–Trinajstić information content (AvgIpc) is 1.19. The zero-order chi connectivity index (χ0) is 8.08. The molecule has 11 N–H and O–H groups in total. The van der Waals surface area contributed by atoms with E-state index in [0.717, 1.165) is 0 Å². The standard InChI is InChI=1S/2H3N.Na.H3O4P.H2O3Si.H/c;;;1-5(2,3)4;1-4(2)3;/h2*1H3;;(H3,1,2,3,4);1-2H;. The molecular formula is H12N2NaO7PSi. The first-order chi connectivity index (χ1) is 3.73.